The van der Waals surface area contributed by atoms with Gasteiger partial charge in [0.1, 0.15) is 23.5 Å². The van der Waals surface area contributed by atoms with Crippen LogP contribution in [0.2, 0.25) is 0 Å². The van der Waals surface area contributed by atoms with Gasteiger partial charge in [0, 0.05) is 44.2 Å². The molecule has 2 N–H and O–H groups in total. The third-order valence-corrected chi connectivity index (χ3v) is 5.04. The summed E-state index contributed by atoms with van der Waals surface area (Å²) in [4.78, 5) is 23.3. The van der Waals surface area contributed by atoms with Crippen molar-refractivity contribution in [3.8, 4) is 11.5 Å². The van der Waals surface area contributed by atoms with Crippen molar-refractivity contribution in [2.75, 3.05) is 27.8 Å². The molecule has 1 unspecified atom stereocenters. The number of carbonyl (C=O) groups is 1. The zero-order valence-electron chi connectivity index (χ0n) is 17.8. The average Bonchev–Trinajstić information content (AvgIpc) is 3.30. The number of aromatic nitrogens is 2. The summed E-state index contributed by atoms with van der Waals surface area (Å²) in [6, 6.07) is 5.55. The summed E-state index contributed by atoms with van der Waals surface area (Å²) in [5.74, 6) is 2.02. The number of nitrogens with one attached hydrogen (secondary N) is 2. The fraction of sp³-hybridized carbons (Fsp3) is 0.381. The molecule has 1 atom stereocenters. The van der Waals surface area contributed by atoms with Gasteiger partial charge in [-0.2, -0.15) is 0 Å². The molecule has 0 fully saturated rings. The van der Waals surface area contributed by atoms with Crippen LogP contribution in [0.4, 0.5) is 0 Å². The molecule has 0 radical (unpaired) electrons. The highest BCUT2D eigenvalue weighted by molar-refractivity contribution is 5.84. The lowest BCUT2D eigenvalue weighted by Crippen LogP contribution is -2.47. The van der Waals surface area contributed by atoms with E-state index in [1.165, 1.54) is 0 Å². The predicted octanol–water partition coefficient (Wildman–Crippen LogP) is 1.58. The molecule has 0 saturated heterocycles. The number of imidazole rings is 1. The minimum absolute atomic E-state index is 0.0380. The van der Waals surface area contributed by atoms with Gasteiger partial charge >= 0.3 is 0 Å². The number of hydrogen-bond acceptors (Lipinski definition) is 7. The summed E-state index contributed by atoms with van der Waals surface area (Å²) >= 11 is 0. The number of rotatable bonds is 8. The van der Waals surface area contributed by atoms with E-state index in [0.29, 0.717) is 37.0 Å². The first-order chi connectivity index (χ1) is 14.4. The molecular weight excluding hydrogens is 384 g/mol. The van der Waals surface area contributed by atoms with E-state index in [1.54, 1.807) is 32.8 Å². The van der Waals surface area contributed by atoms with Crippen LogP contribution in [0.5, 0.6) is 11.5 Å². The molecule has 2 aromatic rings. The number of aliphatic imine (C=N–C) groups is 1. The van der Waals surface area contributed by atoms with Crippen LogP contribution < -0.4 is 20.1 Å². The Balaban J connectivity index is 1.54. The van der Waals surface area contributed by atoms with Gasteiger partial charge in [-0.05, 0) is 37.7 Å². The van der Waals surface area contributed by atoms with Crippen LogP contribution in [0.3, 0.4) is 0 Å². The number of methoxy groups -OCH3 is 2. The Morgan fingerprint density at radius 1 is 1.27 bits per heavy atom. The molecule has 30 heavy (non-hydrogen) atoms. The summed E-state index contributed by atoms with van der Waals surface area (Å²) in [5, 5.41) is 6.07. The van der Waals surface area contributed by atoms with Gasteiger partial charge in [0.05, 0.1) is 14.2 Å². The van der Waals surface area contributed by atoms with Gasteiger partial charge < -0.3 is 20.1 Å². The molecule has 3 rings (SSSR count). The van der Waals surface area contributed by atoms with Gasteiger partial charge in [0.2, 0.25) is 11.9 Å². The molecule has 0 aliphatic carbocycles. The van der Waals surface area contributed by atoms with Crippen molar-refractivity contribution in [1.82, 2.24) is 25.1 Å². The Labute approximate surface area is 176 Å². The van der Waals surface area contributed by atoms with Crippen molar-refractivity contribution < 1.29 is 14.3 Å². The van der Waals surface area contributed by atoms with E-state index in [4.69, 9.17) is 14.5 Å². The highest BCUT2D eigenvalue weighted by Gasteiger charge is 2.29. The van der Waals surface area contributed by atoms with Crippen LogP contribution in [0.15, 0.2) is 54.2 Å². The molecule has 2 heterocycles. The molecule has 0 saturated carbocycles. The highest BCUT2D eigenvalue weighted by atomic mass is 16.5. The van der Waals surface area contributed by atoms with Gasteiger partial charge in [-0.3, -0.25) is 14.3 Å². The lowest BCUT2D eigenvalue weighted by Gasteiger charge is -2.35. The predicted molar refractivity (Wildman–Crippen MR) is 114 cm³/mol. The summed E-state index contributed by atoms with van der Waals surface area (Å²) in [6.45, 7) is 2.95. The largest absolute Gasteiger partial charge is 0.497 e. The van der Waals surface area contributed by atoms with Crippen molar-refractivity contribution in [2.24, 2.45) is 4.99 Å². The second-order valence-electron chi connectivity index (χ2n) is 7.15. The minimum atomic E-state index is -0.564. The molecule has 1 aromatic carbocycles. The van der Waals surface area contributed by atoms with Gasteiger partial charge in [0.25, 0.3) is 0 Å². The number of hydrogen-bond donors (Lipinski definition) is 2. The first-order valence-corrected chi connectivity index (χ1v) is 9.66. The second kappa shape index (κ2) is 9.45. The molecule has 0 spiro atoms. The van der Waals surface area contributed by atoms with E-state index in [-0.39, 0.29) is 5.91 Å². The molecule has 160 valence electrons. The maximum absolute atomic E-state index is 12.4. The fourth-order valence-corrected chi connectivity index (χ4v) is 3.04. The van der Waals surface area contributed by atoms with Crippen molar-refractivity contribution in [3.05, 3.63) is 54.8 Å². The molecule has 1 aliphatic heterocycles. The van der Waals surface area contributed by atoms with E-state index in [0.717, 1.165) is 5.56 Å². The van der Waals surface area contributed by atoms with Crippen LogP contribution >= 0.6 is 0 Å². The van der Waals surface area contributed by atoms with E-state index >= 15 is 0 Å². The number of nitrogens with zero attached hydrogens (tertiary/aromatic N) is 4. The normalized spacial score (nSPS) is 18.0. The highest BCUT2D eigenvalue weighted by Crippen LogP contribution is 2.22. The maximum Gasteiger partial charge on any atom is 0.221 e. The number of ether oxygens (including phenoxy) is 2. The monoisotopic (exact) mass is 412 g/mol. The molecule has 1 aromatic heterocycles. The van der Waals surface area contributed by atoms with Crippen LogP contribution in [-0.4, -0.2) is 59.8 Å². The maximum atomic E-state index is 12.4. The van der Waals surface area contributed by atoms with Crippen molar-refractivity contribution in [3.63, 3.8) is 0 Å². The van der Waals surface area contributed by atoms with E-state index in [1.807, 2.05) is 54.0 Å². The third kappa shape index (κ3) is 5.18. The van der Waals surface area contributed by atoms with Crippen LogP contribution in [0.1, 0.15) is 18.9 Å². The SMILES string of the molecule is COc1cc(CNC(=O)CCN(C)C2(C)C=CNC(n3ccnc3)=N2)cc(OC)c1. The summed E-state index contributed by atoms with van der Waals surface area (Å²) < 4.78 is 12.3. The van der Waals surface area contributed by atoms with E-state index < -0.39 is 5.66 Å². The van der Waals surface area contributed by atoms with Crippen LogP contribution in [0, 0.1) is 0 Å². The molecule has 9 nitrogen and oxygen atoms in total. The van der Waals surface area contributed by atoms with Gasteiger partial charge in [0.15, 0.2) is 0 Å². The van der Waals surface area contributed by atoms with Crippen LogP contribution in [0.25, 0.3) is 0 Å². The fourth-order valence-electron chi connectivity index (χ4n) is 3.04. The number of benzene rings is 1. The summed E-state index contributed by atoms with van der Waals surface area (Å²) in [7, 11) is 5.15. The Morgan fingerprint density at radius 3 is 2.63 bits per heavy atom. The molecule has 0 bridgehead atoms. The minimum Gasteiger partial charge on any atom is -0.497 e. The summed E-state index contributed by atoms with van der Waals surface area (Å²) in [5.41, 5.74) is 0.349. The second-order valence-corrected chi connectivity index (χ2v) is 7.15. The van der Waals surface area contributed by atoms with E-state index in [9.17, 15) is 4.79 Å². The van der Waals surface area contributed by atoms with E-state index in [2.05, 4.69) is 15.6 Å². The molecule has 1 amide bonds. The first kappa shape index (κ1) is 21.4. The number of carbonyl (C=O) groups excluding carboxylic acids is 1. The standard InChI is InChI=1S/C21H28N6O3/c1-21(6-7-23-20(25-21)27-10-8-22-15-27)26(2)9-5-19(28)24-14-16-11-17(29-3)13-18(12-16)30-4/h6-8,10-13,15H,5,9,14H2,1-4H3,(H,23,25)(H,24,28). The number of amides is 1. The molecular formula is C21H28N6O3. The topological polar surface area (TPSA) is 93.0 Å². The van der Waals surface area contributed by atoms with Crippen molar-refractivity contribution >= 4 is 11.9 Å². The molecule has 1 aliphatic rings. The smallest absolute Gasteiger partial charge is 0.221 e. The number of likely N-dealkylation sites (N-methyl/N-ethyl adjacent to an activating group) is 1. The lowest BCUT2D eigenvalue weighted by atomic mass is 10.1. The van der Waals surface area contributed by atoms with Crippen molar-refractivity contribution in [2.45, 2.75) is 25.6 Å². The first-order valence-electron chi connectivity index (χ1n) is 9.66. The Morgan fingerprint density at radius 2 is 2.00 bits per heavy atom. The van der Waals surface area contributed by atoms with Gasteiger partial charge in [-0.1, -0.05) is 0 Å². The quantitative estimate of drug-likeness (QED) is 0.684. The zero-order chi connectivity index (χ0) is 21.6. The van der Waals surface area contributed by atoms with Gasteiger partial charge in [-0.15, -0.1) is 0 Å². The Kier molecular flexibility index (Phi) is 6.73. The van der Waals surface area contributed by atoms with Crippen molar-refractivity contribution in [1.29, 1.82) is 0 Å². The third-order valence-electron chi connectivity index (χ3n) is 5.04. The van der Waals surface area contributed by atoms with Gasteiger partial charge in [-0.25, -0.2) is 9.98 Å². The van der Waals surface area contributed by atoms with Crippen LogP contribution in [-0.2, 0) is 11.3 Å². The average molecular weight is 412 g/mol. The summed E-state index contributed by atoms with van der Waals surface area (Å²) in [6.07, 6.45) is 9.39. The Bertz CT molecular complexity index is 903. The zero-order valence-corrected chi connectivity index (χ0v) is 17.8. The lowest BCUT2D eigenvalue weighted by molar-refractivity contribution is -0.121. The Hall–Kier alpha value is -3.33. The molecule has 9 heteroatoms.